The summed E-state index contributed by atoms with van der Waals surface area (Å²) in [5.74, 6) is -1.29. The number of rotatable bonds is 5. The quantitative estimate of drug-likeness (QED) is 0.314. The number of phenolic OH excluding ortho intramolecular Hbond substituents is 1. The second-order valence-corrected chi connectivity index (χ2v) is 9.80. The second kappa shape index (κ2) is 9.21. The van der Waals surface area contributed by atoms with Crippen molar-refractivity contribution in [1.29, 1.82) is 0 Å². The molecule has 2 heterocycles. The fourth-order valence-corrected chi connectivity index (χ4v) is 5.68. The van der Waals surface area contributed by atoms with E-state index in [0.717, 1.165) is 10.8 Å². The van der Waals surface area contributed by atoms with Crippen molar-refractivity contribution < 1.29 is 24.3 Å². The van der Waals surface area contributed by atoms with E-state index >= 15 is 0 Å². The van der Waals surface area contributed by atoms with E-state index in [2.05, 4.69) is 15.9 Å². The van der Waals surface area contributed by atoms with Crippen LogP contribution in [-0.4, -0.2) is 29.6 Å². The molecule has 2 aliphatic heterocycles. The Morgan fingerprint density at radius 3 is 2.46 bits per heavy atom. The Morgan fingerprint density at radius 2 is 1.68 bits per heavy atom. The molecule has 8 heteroatoms. The van der Waals surface area contributed by atoms with Gasteiger partial charge >= 0.3 is 0 Å². The summed E-state index contributed by atoms with van der Waals surface area (Å²) in [5, 5.41) is 13.9. The molecule has 0 saturated carbocycles. The van der Waals surface area contributed by atoms with Gasteiger partial charge in [0.25, 0.3) is 5.91 Å². The van der Waals surface area contributed by atoms with E-state index < -0.39 is 24.0 Å². The molecule has 2 fully saturated rings. The van der Waals surface area contributed by atoms with Crippen molar-refractivity contribution in [3.63, 3.8) is 0 Å². The van der Waals surface area contributed by atoms with E-state index in [-0.39, 0.29) is 17.4 Å². The molecule has 37 heavy (non-hydrogen) atoms. The number of ether oxygens (including phenoxy) is 1. The summed E-state index contributed by atoms with van der Waals surface area (Å²) >= 11 is 3.41. The van der Waals surface area contributed by atoms with Crippen LogP contribution in [0.25, 0.3) is 10.8 Å². The normalized spacial score (nSPS) is 21.1. The van der Waals surface area contributed by atoms with E-state index in [0.29, 0.717) is 28.0 Å². The van der Waals surface area contributed by atoms with Crippen LogP contribution in [0.15, 0.2) is 89.4 Å². The molecule has 7 nitrogen and oxygen atoms in total. The lowest BCUT2D eigenvalue weighted by molar-refractivity contribution is -0.126. The minimum Gasteiger partial charge on any atom is -0.503 e. The smallest absolute Gasteiger partial charge is 0.266 e. The van der Waals surface area contributed by atoms with Crippen molar-refractivity contribution in [2.75, 3.05) is 16.6 Å². The Morgan fingerprint density at radius 1 is 0.946 bits per heavy atom. The van der Waals surface area contributed by atoms with Gasteiger partial charge in [-0.05, 0) is 64.1 Å². The number of amides is 2. The fraction of sp³-hybridized carbons (Fsp3) is 0.172. The third kappa shape index (κ3) is 3.75. The molecule has 6 rings (SSSR count). The number of para-hydroxylation sites is 1. The average Bonchev–Trinajstić information content (AvgIpc) is 3.42. The summed E-state index contributed by atoms with van der Waals surface area (Å²) in [6.45, 7) is 2.18. The third-order valence-corrected chi connectivity index (χ3v) is 7.43. The van der Waals surface area contributed by atoms with Gasteiger partial charge in [0, 0.05) is 5.39 Å². The molecule has 3 atom stereocenters. The highest BCUT2D eigenvalue weighted by atomic mass is 79.9. The van der Waals surface area contributed by atoms with Gasteiger partial charge in [-0.1, -0.05) is 54.6 Å². The Balaban J connectivity index is 1.49. The molecule has 2 aliphatic rings. The summed E-state index contributed by atoms with van der Waals surface area (Å²) < 4.78 is 6.08. The number of carbonyl (C=O) groups excluding carboxylic acids is 2. The van der Waals surface area contributed by atoms with Crippen LogP contribution in [0.2, 0.25) is 0 Å². The monoisotopic (exact) mass is 558 g/mol. The SMILES string of the molecule is CCOc1cc([C@H]2[C@H]3C(=O)N(c4cccc5ccccc45)C(=O)[C@@H]3ON2c2ccccc2)cc(Br)c1O. The number of halogens is 1. The van der Waals surface area contributed by atoms with Crippen LogP contribution >= 0.6 is 15.9 Å². The Kier molecular flexibility index (Phi) is 5.85. The number of aromatic hydroxyl groups is 1. The highest BCUT2D eigenvalue weighted by Gasteiger charge is 2.60. The van der Waals surface area contributed by atoms with Crippen molar-refractivity contribution in [3.05, 3.63) is 95.0 Å². The predicted octanol–water partition coefficient (Wildman–Crippen LogP) is 5.76. The van der Waals surface area contributed by atoms with E-state index in [1.54, 1.807) is 23.3 Å². The van der Waals surface area contributed by atoms with Gasteiger partial charge in [0.15, 0.2) is 17.6 Å². The van der Waals surface area contributed by atoms with Gasteiger partial charge < -0.3 is 9.84 Å². The van der Waals surface area contributed by atoms with Crippen LogP contribution in [0.3, 0.4) is 0 Å². The minimum atomic E-state index is -1.00. The molecule has 186 valence electrons. The molecular formula is C29H23BrN2O5. The maximum atomic E-state index is 14.1. The number of imide groups is 1. The van der Waals surface area contributed by atoms with Gasteiger partial charge in [0.2, 0.25) is 5.91 Å². The number of carbonyl (C=O) groups is 2. The molecule has 0 radical (unpaired) electrons. The molecule has 0 aliphatic carbocycles. The zero-order chi connectivity index (χ0) is 25.7. The lowest BCUT2D eigenvalue weighted by Gasteiger charge is -2.29. The molecule has 4 aromatic rings. The van der Waals surface area contributed by atoms with E-state index in [9.17, 15) is 14.7 Å². The summed E-state index contributed by atoms with van der Waals surface area (Å²) in [6.07, 6.45) is -1.00. The summed E-state index contributed by atoms with van der Waals surface area (Å²) in [4.78, 5) is 35.3. The Bertz CT molecular complexity index is 1520. The van der Waals surface area contributed by atoms with Crippen LogP contribution in [-0.2, 0) is 14.4 Å². The molecule has 2 amide bonds. The van der Waals surface area contributed by atoms with Crippen LogP contribution in [0, 0.1) is 5.92 Å². The summed E-state index contributed by atoms with van der Waals surface area (Å²) in [6, 6.07) is 25.4. The van der Waals surface area contributed by atoms with Crippen molar-refractivity contribution in [2.24, 2.45) is 5.92 Å². The Labute approximate surface area is 221 Å². The highest BCUT2D eigenvalue weighted by Crippen LogP contribution is 2.50. The summed E-state index contributed by atoms with van der Waals surface area (Å²) in [5.41, 5.74) is 1.92. The van der Waals surface area contributed by atoms with Crippen molar-refractivity contribution >= 4 is 49.9 Å². The van der Waals surface area contributed by atoms with Gasteiger partial charge in [-0.3, -0.25) is 14.4 Å². The second-order valence-electron chi connectivity index (χ2n) is 8.95. The topological polar surface area (TPSA) is 79.3 Å². The van der Waals surface area contributed by atoms with Gasteiger partial charge in [0.05, 0.1) is 28.5 Å². The van der Waals surface area contributed by atoms with Crippen LogP contribution < -0.4 is 14.7 Å². The van der Waals surface area contributed by atoms with E-state index in [1.165, 1.54) is 4.90 Å². The van der Waals surface area contributed by atoms with Crippen molar-refractivity contribution in [1.82, 2.24) is 0 Å². The molecular weight excluding hydrogens is 536 g/mol. The first-order valence-electron chi connectivity index (χ1n) is 12.0. The Hall–Kier alpha value is -3.88. The standard InChI is InChI=1S/C29H23BrN2O5/c1-2-36-23-16-18(15-21(30)26(23)33)25-24-27(37-32(25)19-11-4-3-5-12-19)29(35)31(28(24)34)22-14-8-10-17-9-6-7-13-20(17)22/h3-16,24-25,27,33H,2H2,1H3/t24-,25+,27-/m1/s1. The average molecular weight is 559 g/mol. The van der Waals surface area contributed by atoms with E-state index in [4.69, 9.17) is 9.57 Å². The lowest BCUT2D eigenvalue weighted by atomic mass is 9.90. The molecule has 0 bridgehead atoms. The number of fused-ring (bicyclic) bond motifs is 2. The molecule has 0 unspecified atom stereocenters. The molecule has 2 saturated heterocycles. The first kappa shape index (κ1) is 23.5. The lowest BCUT2D eigenvalue weighted by Crippen LogP contribution is -2.37. The zero-order valence-corrected chi connectivity index (χ0v) is 21.5. The number of benzene rings is 4. The third-order valence-electron chi connectivity index (χ3n) is 6.83. The zero-order valence-electron chi connectivity index (χ0n) is 19.9. The van der Waals surface area contributed by atoms with Crippen LogP contribution in [0.5, 0.6) is 11.5 Å². The van der Waals surface area contributed by atoms with Crippen molar-refractivity contribution in [2.45, 2.75) is 19.1 Å². The summed E-state index contributed by atoms with van der Waals surface area (Å²) in [7, 11) is 0. The molecule has 1 N–H and O–H groups in total. The number of hydrogen-bond acceptors (Lipinski definition) is 6. The molecule has 4 aromatic carbocycles. The van der Waals surface area contributed by atoms with Crippen molar-refractivity contribution in [3.8, 4) is 11.5 Å². The molecule has 0 spiro atoms. The number of hydroxylamine groups is 1. The first-order valence-corrected chi connectivity index (χ1v) is 12.8. The maximum Gasteiger partial charge on any atom is 0.266 e. The van der Waals surface area contributed by atoms with E-state index in [1.807, 2.05) is 73.7 Å². The van der Waals surface area contributed by atoms with Crippen LogP contribution in [0.1, 0.15) is 18.5 Å². The number of anilines is 2. The number of nitrogens with zero attached hydrogens (tertiary/aromatic N) is 2. The highest BCUT2D eigenvalue weighted by molar-refractivity contribution is 9.10. The molecule has 0 aromatic heterocycles. The predicted molar refractivity (Wildman–Crippen MR) is 143 cm³/mol. The van der Waals surface area contributed by atoms with Crippen LogP contribution in [0.4, 0.5) is 11.4 Å². The minimum absolute atomic E-state index is 0.0291. The largest absolute Gasteiger partial charge is 0.503 e. The number of hydrogen-bond donors (Lipinski definition) is 1. The fourth-order valence-electron chi connectivity index (χ4n) is 5.22. The maximum absolute atomic E-state index is 14.1. The number of phenols is 1. The first-order chi connectivity index (χ1) is 18.0. The van der Waals surface area contributed by atoms with Gasteiger partial charge in [0.1, 0.15) is 5.92 Å². The van der Waals surface area contributed by atoms with Gasteiger partial charge in [-0.25, -0.2) is 9.96 Å². The van der Waals surface area contributed by atoms with Gasteiger partial charge in [-0.15, -0.1) is 0 Å². The van der Waals surface area contributed by atoms with Gasteiger partial charge in [-0.2, -0.15) is 0 Å².